The van der Waals surface area contributed by atoms with Crippen molar-refractivity contribution in [1.82, 2.24) is 5.32 Å². The van der Waals surface area contributed by atoms with Crippen LogP contribution in [0.5, 0.6) is 11.5 Å². The molecule has 2 aromatic rings. The molecule has 2 aromatic carbocycles. The molecule has 27 heavy (non-hydrogen) atoms. The molecule has 0 fully saturated rings. The van der Waals surface area contributed by atoms with Gasteiger partial charge < -0.3 is 14.8 Å². The maximum atomic E-state index is 13.1. The molecule has 0 saturated carbocycles. The van der Waals surface area contributed by atoms with Crippen molar-refractivity contribution >= 4 is 5.91 Å². The van der Waals surface area contributed by atoms with E-state index in [1.807, 2.05) is 6.07 Å². The quantitative estimate of drug-likeness (QED) is 0.771. The number of rotatable bonds is 6. The van der Waals surface area contributed by atoms with Gasteiger partial charge in [-0.2, -0.15) is 5.26 Å². The lowest BCUT2D eigenvalue weighted by molar-refractivity contribution is -0.274. The first kappa shape index (κ1) is 20.0. The van der Waals surface area contributed by atoms with Crippen molar-refractivity contribution in [3.05, 3.63) is 59.9 Å². The van der Waals surface area contributed by atoms with Crippen LogP contribution in [0.3, 0.4) is 0 Å². The fraction of sp³-hybridized carbons (Fsp3) is 0.222. The Morgan fingerprint density at radius 1 is 1.15 bits per heavy atom. The second-order valence-corrected chi connectivity index (χ2v) is 5.72. The minimum absolute atomic E-state index is 0.0248. The highest BCUT2D eigenvalue weighted by molar-refractivity contribution is 5.95. The molecule has 5 nitrogen and oxygen atoms in total. The first-order valence-corrected chi connectivity index (χ1v) is 7.58. The predicted molar refractivity (Wildman–Crippen MR) is 86.5 cm³/mol. The number of hydrogen-bond donors (Lipinski definition) is 1. The molecule has 0 aliphatic heterocycles. The molecule has 1 N–H and O–H groups in total. The number of nitrogens with one attached hydrogen (secondary N) is 1. The summed E-state index contributed by atoms with van der Waals surface area (Å²) in [7, 11) is 0. The van der Waals surface area contributed by atoms with E-state index in [1.54, 1.807) is 0 Å². The third kappa shape index (κ3) is 6.18. The molecule has 1 unspecified atom stereocenters. The maximum absolute atomic E-state index is 13.1. The Hall–Kier alpha value is -3.28. The Morgan fingerprint density at radius 3 is 2.37 bits per heavy atom. The van der Waals surface area contributed by atoms with E-state index in [9.17, 15) is 27.6 Å². The number of nitriles is 1. The van der Waals surface area contributed by atoms with Gasteiger partial charge in [0.25, 0.3) is 5.91 Å². The Labute approximate surface area is 152 Å². The summed E-state index contributed by atoms with van der Waals surface area (Å²) >= 11 is 0. The SMILES string of the molecule is CC(C#N)(COc1cccc(F)c1)NC(=O)c1ccc(OC(F)(F)F)cc1. The lowest BCUT2D eigenvalue weighted by atomic mass is 10.1. The largest absolute Gasteiger partial charge is 0.573 e. The molecule has 9 heteroatoms. The smallest absolute Gasteiger partial charge is 0.490 e. The zero-order valence-electron chi connectivity index (χ0n) is 14.0. The van der Waals surface area contributed by atoms with Gasteiger partial charge in [-0.25, -0.2) is 4.39 Å². The van der Waals surface area contributed by atoms with Crippen molar-refractivity contribution in [3.63, 3.8) is 0 Å². The molecular weight excluding hydrogens is 368 g/mol. The molecule has 0 saturated heterocycles. The molecule has 0 heterocycles. The van der Waals surface area contributed by atoms with Crippen molar-refractivity contribution in [1.29, 1.82) is 5.26 Å². The number of ether oxygens (including phenoxy) is 2. The topological polar surface area (TPSA) is 71.3 Å². The minimum Gasteiger partial charge on any atom is -0.490 e. The Kier molecular flexibility index (Phi) is 5.90. The van der Waals surface area contributed by atoms with E-state index in [0.29, 0.717) is 0 Å². The van der Waals surface area contributed by atoms with Gasteiger partial charge in [0.05, 0.1) is 6.07 Å². The van der Waals surface area contributed by atoms with Crippen molar-refractivity contribution in [2.45, 2.75) is 18.8 Å². The molecule has 0 aromatic heterocycles. The van der Waals surface area contributed by atoms with Gasteiger partial charge in [-0.1, -0.05) is 6.07 Å². The summed E-state index contributed by atoms with van der Waals surface area (Å²) < 4.78 is 58.6. The molecule has 1 amide bonds. The third-order valence-electron chi connectivity index (χ3n) is 3.31. The molecule has 142 valence electrons. The summed E-state index contributed by atoms with van der Waals surface area (Å²) in [6.07, 6.45) is -4.84. The third-order valence-corrected chi connectivity index (χ3v) is 3.31. The standard InChI is InChI=1S/C18H14F4N2O3/c1-17(10-23,11-26-15-4-2-3-13(19)9-15)24-16(25)12-5-7-14(8-6-12)27-18(20,21)22/h2-9H,11H2,1H3,(H,24,25). The fourth-order valence-electron chi connectivity index (χ4n) is 2.01. The lowest BCUT2D eigenvalue weighted by Gasteiger charge is -2.23. The van der Waals surface area contributed by atoms with Gasteiger partial charge in [-0.05, 0) is 43.3 Å². The highest BCUT2D eigenvalue weighted by Gasteiger charge is 2.31. The molecule has 2 rings (SSSR count). The van der Waals surface area contributed by atoms with Crippen molar-refractivity contribution in [2.75, 3.05) is 6.61 Å². The molecular formula is C18H14F4N2O3. The number of nitrogens with zero attached hydrogens (tertiary/aromatic N) is 1. The van der Waals surface area contributed by atoms with Crippen molar-refractivity contribution in [3.8, 4) is 17.6 Å². The van der Waals surface area contributed by atoms with Crippen molar-refractivity contribution < 1.29 is 31.8 Å². The van der Waals surface area contributed by atoms with Crippen LogP contribution in [0.4, 0.5) is 17.6 Å². The van der Waals surface area contributed by atoms with E-state index in [2.05, 4.69) is 10.1 Å². The number of carbonyl (C=O) groups excluding carboxylic acids is 1. The van der Waals surface area contributed by atoms with Crippen LogP contribution in [-0.4, -0.2) is 24.4 Å². The Bertz CT molecular complexity index is 847. The Morgan fingerprint density at radius 2 is 1.81 bits per heavy atom. The number of carbonyl (C=O) groups is 1. The van der Waals surface area contributed by atoms with Gasteiger partial charge >= 0.3 is 6.36 Å². The second-order valence-electron chi connectivity index (χ2n) is 5.72. The van der Waals surface area contributed by atoms with Gasteiger partial charge in [0.15, 0.2) is 5.54 Å². The van der Waals surface area contributed by atoms with E-state index in [4.69, 9.17) is 4.74 Å². The van der Waals surface area contributed by atoms with E-state index in [1.165, 1.54) is 25.1 Å². The average Bonchev–Trinajstić information content (AvgIpc) is 2.59. The highest BCUT2D eigenvalue weighted by atomic mass is 19.4. The molecule has 1 atom stereocenters. The zero-order valence-corrected chi connectivity index (χ0v) is 14.0. The monoisotopic (exact) mass is 382 g/mol. The second kappa shape index (κ2) is 7.95. The number of benzene rings is 2. The molecule has 0 bridgehead atoms. The first-order chi connectivity index (χ1) is 12.6. The van der Waals surface area contributed by atoms with Gasteiger partial charge in [-0.3, -0.25) is 4.79 Å². The minimum atomic E-state index is -4.84. The zero-order chi connectivity index (χ0) is 20.1. The van der Waals surface area contributed by atoms with Gasteiger partial charge in [0.1, 0.15) is 23.9 Å². The van der Waals surface area contributed by atoms with E-state index in [-0.39, 0.29) is 17.9 Å². The number of halogens is 4. The first-order valence-electron chi connectivity index (χ1n) is 7.58. The van der Waals surface area contributed by atoms with Crippen LogP contribution >= 0.6 is 0 Å². The maximum Gasteiger partial charge on any atom is 0.573 e. The van der Waals surface area contributed by atoms with Crippen LogP contribution < -0.4 is 14.8 Å². The van der Waals surface area contributed by atoms with E-state index < -0.39 is 29.4 Å². The van der Waals surface area contributed by atoms with Crippen LogP contribution in [0.25, 0.3) is 0 Å². The van der Waals surface area contributed by atoms with Crippen LogP contribution in [0.2, 0.25) is 0 Å². The van der Waals surface area contributed by atoms with Crippen LogP contribution in [0.1, 0.15) is 17.3 Å². The van der Waals surface area contributed by atoms with Gasteiger partial charge in [0.2, 0.25) is 0 Å². The highest BCUT2D eigenvalue weighted by Crippen LogP contribution is 2.23. The molecule has 0 aliphatic rings. The van der Waals surface area contributed by atoms with Crippen LogP contribution in [0.15, 0.2) is 48.5 Å². The van der Waals surface area contributed by atoms with Gasteiger partial charge in [0, 0.05) is 11.6 Å². The Balaban J connectivity index is 2.02. The normalized spacial score (nSPS) is 13.2. The van der Waals surface area contributed by atoms with Gasteiger partial charge in [-0.15, -0.1) is 13.2 Å². The number of amides is 1. The number of hydrogen-bond acceptors (Lipinski definition) is 4. The lowest BCUT2D eigenvalue weighted by Crippen LogP contribution is -2.49. The summed E-state index contributed by atoms with van der Waals surface area (Å²) in [6, 6.07) is 11.4. The molecule has 0 spiro atoms. The fourth-order valence-corrected chi connectivity index (χ4v) is 2.01. The summed E-state index contributed by atoms with van der Waals surface area (Å²) in [5.41, 5.74) is -1.43. The molecule has 0 aliphatic carbocycles. The predicted octanol–water partition coefficient (Wildman–Crippen LogP) is 3.82. The number of alkyl halides is 3. The van der Waals surface area contributed by atoms with E-state index >= 15 is 0 Å². The van der Waals surface area contributed by atoms with Crippen LogP contribution in [-0.2, 0) is 0 Å². The summed E-state index contributed by atoms with van der Waals surface area (Å²) in [5.74, 6) is -1.51. The van der Waals surface area contributed by atoms with Crippen molar-refractivity contribution in [2.24, 2.45) is 0 Å². The summed E-state index contributed by atoms with van der Waals surface area (Å²) in [6.45, 7) is 1.12. The van der Waals surface area contributed by atoms with Crippen LogP contribution in [0, 0.1) is 17.1 Å². The summed E-state index contributed by atoms with van der Waals surface area (Å²) in [4.78, 5) is 12.2. The van der Waals surface area contributed by atoms with E-state index in [0.717, 1.165) is 30.3 Å². The molecule has 0 radical (unpaired) electrons. The summed E-state index contributed by atoms with van der Waals surface area (Å²) in [5, 5.41) is 11.8. The average molecular weight is 382 g/mol.